The molecule has 1 aromatic rings. The molecule has 6 nitrogen and oxygen atoms in total. The number of hydrogen-bond acceptors (Lipinski definition) is 5. The highest BCUT2D eigenvalue weighted by molar-refractivity contribution is 7.91. The second kappa shape index (κ2) is 7.20. The van der Waals surface area contributed by atoms with Gasteiger partial charge in [-0.05, 0) is 13.0 Å². The molecule has 0 aliphatic carbocycles. The Bertz CT molecular complexity index is 528. The second-order valence-corrected chi connectivity index (χ2v) is 6.63. The molecule has 0 amide bonds. The van der Waals surface area contributed by atoms with Crippen LogP contribution in [0.25, 0.3) is 0 Å². The number of sulfone groups is 1. The van der Waals surface area contributed by atoms with Crippen molar-refractivity contribution in [2.24, 2.45) is 0 Å². The summed E-state index contributed by atoms with van der Waals surface area (Å²) in [6.07, 6.45) is 0.511. The predicted molar refractivity (Wildman–Crippen MR) is 73.7 cm³/mol. The van der Waals surface area contributed by atoms with Gasteiger partial charge in [-0.15, -0.1) is 0 Å². The van der Waals surface area contributed by atoms with Crippen molar-refractivity contribution < 1.29 is 13.3 Å². The van der Waals surface area contributed by atoms with Gasteiger partial charge >= 0.3 is 0 Å². The summed E-state index contributed by atoms with van der Waals surface area (Å²) in [6, 6.07) is 6.51. The Balaban J connectivity index is 2.40. The molecule has 106 valence electrons. The van der Waals surface area contributed by atoms with Crippen LogP contribution in [-0.4, -0.2) is 31.4 Å². The maximum atomic E-state index is 11.3. The van der Waals surface area contributed by atoms with Gasteiger partial charge in [0.1, 0.15) is 9.84 Å². The number of nitrogens with zero attached hydrogens (tertiary/aromatic N) is 1. The molecule has 0 bridgehead atoms. The van der Waals surface area contributed by atoms with Crippen molar-refractivity contribution in [3.8, 4) is 0 Å². The number of rotatable bonds is 8. The average Bonchev–Trinajstić information content (AvgIpc) is 2.38. The van der Waals surface area contributed by atoms with Gasteiger partial charge in [-0.25, -0.2) is 8.42 Å². The summed E-state index contributed by atoms with van der Waals surface area (Å²) in [4.78, 5) is 10.4. The quantitative estimate of drug-likeness (QED) is 0.444. The van der Waals surface area contributed by atoms with Crippen LogP contribution in [0, 0.1) is 10.1 Å². The van der Waals surface area contributed by atoms with Crippen LogP contribution in [0.15, 0.2) is 24.3 Å². The van der Waals surface area contributed by atoms with E-state index in [1.807, 2.05) is 0 Å². The fourth-order valence-electron chi connectivity index (χ4n) is 1.62. The number of nitrogens with one attached hydrogen (secondary N) is 1. The third-order valence-electron chi connectivity index (χ3n) is 2.75. The average molecular weight is 286 g/mol. The molecule has 0 saturated heterocycles. The molecule has 0 heterocycles. The molecule has 7 heteroatoms. The number of nitro benzene ring substituents is 1. The lowest BCUT2D eigenvalue weighted by Gasteiger charge is -2.05. The first-order valence-electron chi connectivity index (χ1n) is 6.09. The summed E-state index contributed by atoms with van der Waals surface area (Å²) in [6.45, 7) is 2.50. The van der Waals surface area contributed by atoms with E-state index >= 15 is 0 Å². The molecular weight excluding hydrogens is 268 g/mol. The lowest BCUT2D eigenvalue weighted by Crippen LogP contribution is -2.19. The summed E-state index contributed by atoms with van der Waals surface area (Å²) in [7, 11) is -2.93. The van der Waals surface area contributed by atoms with Gasteiger partial charge < -0.3 is 5.32 Å². The van der Waals surface area contributed by atoms with E-state index in [1.165, 1.54) is 6.07 Å². The van der Waals surface area contributed by atoms with E-state index in [4.69, 9.17) is 0 Å². The third-order valence-corrected chi connectivity index (χ3v) is 4.54. The maximum Gasteiger partial charge on any atom is 0.273 e. The monoisotopic (exact) mass is 286 g/mol. The Morgan fingerprint density at radius 3 is 2.63 bits per heavy atom. The van der Waals surface area contributed by atoms with Crippen molar-refractivity contribution in [1.82, 2.24) is 5.32 Å². The van der Waals surface area contributed by atoms with E-state index in [0.29, 0.717) is 25.1 Å². The normalized spacial score (nSPS) is 11.4. The Morgan fingerprint density at radius 1 is 1.32 bits per heavy atom. The molecule has 19 heavy (non-hydrogen) atoms. The van der Waals surface area contributed by atoms with Crippen molar-refractivity contribution in [3.05, 3.63) is 39.9 Å². The minimum absolute atomic E-state index is 0.0798. The molecule has 0 atom stereocenters. The topological polar surface area (TPSA) is 89.3 Å². The zero-order valence-electron chi connectivity index (χ0n) is 10.8. The molecule has 0 saturated carbocycles. The van der Waals surface area contributed by atoms with E-state index in [0.717, 1.165) is 0 Å². The predicted octanol–water partition coefficient (Wildman–Crippen LogP) is 1.51. The standard InChI is InChI=1S/C12H18N2O4S/c1-2-19(17,18)9-5-8-13-10-11-6-3-4-7-12(11)14(15)16/h3-4,6-7,13H,2,5,8-10H2,1H3. The van der Waals surface area contributed by atoms with Crippen molar-refractivity contribution in [3.63, 3.8) is 0 Å². The molecule has 1 aromatic carbocycles. The zero-order chi connectivity index (χ0) is 14.3. The zero-order valence-corrected chi connectivity index (χ0v) is 11.6. The highest BCUT2D eigenvalue weighted by Crippen LogP contribution is 2.16. The molecule has 1 N–H and O–H groups in total. The number of benzene rings is 1. The van der Waals surface area contributed by atoms with Gasteiger partial charge in [-0.3, -0.25) is 10.1 Å². The van der Waals surface area contributed by atoms with Crippen LogP contribution in [0.3, 0.4) is 0 Å². The van der Waals surface area contributed by atoms with Gasteiger partial charge in [0.2, 0.25) is 0 Å². The first-order chi connectivity index (χ1) is 8.96. The molecule has 0 radical (unpaired) electrons. The van der Waals surface area contributed by atoms with Crippen molar-refractivity contribution in [2.45, 2.75) is 19.9 Å². The highest BCUT2D eigenvalue weighted by Gasteiger charge is 2.11. The number of hydrogen-bond donors (Lipinski definition) is 1. The van der Waals surface area contributed by atoms with E-state index in [1.54, 1.807) is 25.1 Å². The first-order valence-corrected chi connectivity index (χ1v) is 7.92. The van der Waals surface area contributed by atoms with Gasteiger partial charge in [0.15, 0.2) is 0 Å². The smallest absolute Gasteiger partial charge is 0.273 e. The summed E-state index contributed by atoms with van der Waals surface area (Å²) >= 11 is 0. The van der Waals surface area contributed by atoms with E-state index in [-0.39, 0.29) is 17.2 Å². The molecular formula is C12H18N2O4S. The van der Waals surface area contributed by atoms with E-state index in [9.17, 15) is 18.5 Å². The highest BCUT2D eigenvalue weighted by atomic mass is 32.2. The van der Waals surface area contributed by atoms with Crippen LogP contribution >= 0.6 is 0 Å². The molecule has 0 aliphatic heterocycles. The van der Waals surface area contributed by atoms with Gasteiger partial charge in [0.25, 0.3) is 5.69 Å². The fourth-order valence-corrected chi connectivity index (χ4v) is 2.50. The first kappa shape index (κ1) is 15.6. The molecule has 0 aromatic heterocycles. The SMILES string of the molecule is CCS(=O)(=O)CCCNCc1ccccc1[N+](=O)[O-]. The van der Waals surface area contributed by atoms with E-state index < -0.39 is 14.8 Å². The fraction of sp³-hybridized carbons (Fsp3) is 0.500. The molecule has 0 aliphatic rings. The molecule has 0 unspecified atom stereocenters. The van der Waals surface area contributed by atoms with Crippen LogP contribution in [0.4, 0.5) is 5.69 Å². The van der Waals surface area contributed by atoms with Crippen molar-refractivity contribution in [2.75, 3.05) is 18.1 Å². The summed E-state index contributed by atoms with van der Waals surface area (Å²) < 4.78 is 22.5. The number of para-hydroxylation sites is 1. The van der Waals surface area contributed by atoms with Crippen LogP contribution in [0.2, 0.25) is 0 Å². The van der Waals surface area contributed by atoms with Crippen molar-refractivity contribution >= 4 is 15.5 Å². The Kier molecular flexibility index (Phi) is 5.91. The van der Waals surface area contributed by atoms with Crippen LogP contribution in [0.5, 0.6) is 0 Å². The minimum Gasteiger partial charge on any atom is -0.312 e. The minimum atomic E-state index is -2.93. The molecule has 0 fully saturated rings. The Morgan fingerprint density at radius 2 is 2.00 bits per heavy atom. The van der Waals surface area contributed by atoms with Crippen LogP contribution < -0.4 is 5.32 Å². The molecule has 0 spiro atoms. The maximum absolute atomic E-state index is 11.3. The van der Waals surface area contributed by atoms with E-state index in [2.05, 4.69) is 5.32 Å². The largest absolute Gasteiger partial charge is 0.312 e. The summed E-state index contributed by atoms with van der Waals surface area (Å²) in [5.41, 5.74) is 0.682. The number of nitro groups is 1. The lowest BCUT2D eigenvalue weighted by atomic mass is 10.2. The summed E-state index contributed by atoms with van der Waals surface area (Å²) in [5.74, 6) is 0.296. The van der Waals surface area contributed by atoms with Gasteiger partial charge in [0.05, 0.1) is 10.7 Å². The third kappa shape index (κ3) is 5.35. The molecule has 1 rings (SSSR count). The van der Waals surface area contributed by atoms with Crippen molar-refractivity contribution in [1.29, 1.82) is 0 Å². The van der Waals surface area contributed by atoms with Gasteiger partial charge in [-0.2, -0.15) is 0 Å². The Labute approximate surface area is 112 Å². The van der Waals surface area contributed by atoms with Crippen LogP contribution in [-0.2, 0) is 16.4 Å². The van der Waals surface area contributed by atoms with Crippen LogP contribution in [0.1, 0.15) is 18.9 Å². The van der Waals surface area contributed by atoms with Gasteiger partial charge in [0, 0.05) is 23.9 Å². The Hall–Kier alpha value is -1.47. The second-order valence-electron chi connectivity index (χ2n) is 4.15. The van der Waals surface area contributed by atoms with Gasteiger partial charge in [-0.1, -0.05) is 25.1 Å². The lowest BCUT2D eigenvalue weighted by molar-refractivity contribution is -0.385. The summed E-state index contributed by atoms with van der Waals surface area (Å²) in [5, 5.41) is 13.8.